The van der Waals surface area contributed by atoms with Gasteiger partial charge in [0.25, 0.3) is 5.88 Å². The van der Waals surface area contributed by atoms with Crippen LogP contribution in [0.25, 0.3) is 5.65 Å². The quantitative estimate of drug-likeness (QED) is 0.546. The maximum atomic E-state index is 12.6. The van der Waals surface area contributed by atoms with E-state index in [-0.39, 0.29) is 18.1 Å². The van der Waals surface area contributed by atoms with Crippen molar-refractivity contribution >= 4 is 28.8 Å². The number of rotatable bonds is 5. The van der Waals surface area contributed by atoms with Gasteiger partial charge in [0.1, 0.15) is 12.3 Å². The van der Waals surface area contributed by atoms with Crippen molar-refractivity contribution in [1.29, 1.82) is 0 Å². The minimum atomic E-state index is -0.481. The minimum absolute atomic E-state index is 0.163. The van der Waals surface area contributed by atoms with Gasteiger partial charge < -0.3 is 10.1 Å². The molecule has 0 unspecified atom stereocenters. The second-order valence-corrected chi connectivity index (χ2v) is 6.72. The fourth-order valence-corrected chi connectivity index (χ4v) is 3.03. The lowest BCUT2D eigenvalue weighted by Gasteiger charge is -2.07. The van der Waals surface area contributed by atoms with Gasteiger partial charge in [0.2, 0.25) is 11.6 Å². The number of para-hydroxylation sites is 1. The lowest BCUT2D eigenvalue weighted by Crippen LogP contribution is -2.28. The van der Waals surface area contributed by atoms with Gasteiger partial charge in [-0.25, -0.2) is 18.9 Å². The summed E-state index contributed by atoms with van der Waals surface area (Å²) in [7, 11) is 0. The van der Waals surface area contributed by atoms with Crippen LogP contribution in [0.3, 0.4) is 0 Å². The van der Waals surface area contributed by atoms with Crippen molar-refractivity contribution in [1.82, 2.24) is 19.2 Å². The van der Waals surface area contributed by atoms with Crippen LogP contribution in [0.4, 0.5) is 5.69 Å². The number of hydrogen-bond donors (Lipinski definition) is 1. The molecule has 0 spiro atoms. The summed E-state index contributed by atoms with van der Waals surface area (Å²) in [6.07, 6.45) is 2.90. The van der Waals surface area contributed by atoms with Crippen molar-refractivity contribution in [3.8, 4) is 11.6 Å². The third-order valence-electron chi connectivity index (χ3n) is 4.12. The lowest BCUT2D eigenvalue weighted by atomic mass is 10.2. The van der Waals surface area contributed by atoms with Gasteiger partial charge in [-0.15, -0.1) is 5.10 Å². The number of hydrogen-bond acceptors (Lipinski definition) is 5. The number of aromatic nitrogens is 4. The van der Waals surface area contributed by atoms with Crippen LogP contribution in [0.1, 0.15) is 5.56 Å². The second-order valence-electron chi connectivity index (χ2n) is 6.31. The zero-order chi connectivity index (χ0) is 20.4. The predicted molar refractivity (Wildman–Crippen MR) is 109 cm³/mol. The number of carbonyl (C=O) groups excluding carboxylic acids is 1. The van der Waals surface area contributed by atoms with Crippen LogP contribution < -0.4 is 15.7 Å². The Labute approximate surface area is 170 Å². The Morgan fingerprint density at radius 3 is 2.76 bits per heavy atom. The molecule has 2 heterocycles. The molecule has 0 aliphatic heterocycles. The van der Waals surface area contributed by atoms with Crippen LogP contribution in [-0.2, 0) is 11.3 Å². The highest BCUT2D eigenvalue weighted by Crippen LogP contribution is 2.23. The summed E-state index contributed by atoms with van der Waals surface area (Å²) in [5.74, 6) is 0.290. The molecule has 0 bridgehead atoms. The number of aryl methyl sites for hydroxylation is 1. The van der Waals surface area contributed by atoms with E-state index in [4.69, 9.17) is 16.3 Å². The number of amides is 1. The third kappa shape index (κ3) is 3.97. The van der Waals surface area contributed by atoms with E-state index in [9.17, 15) is 9.59 Å². The Kier molecular flexibility index (Phi) is 5.01. The molecule has 0 aliphatic rings. The molecule has 1 amide bonds. The predicted octanol–water partition coefficient (Wildman–Crippen LogP) is 3.28. The number of nitrogens with zero attached hydrogens (tertiary/aromatic N) is 4. The Balaban J connectivity index is 1.59. The number of carbonyl (C=O) groups is 1. The molecule has 2 aromatic heterocycles. The van der Waals surface area contributed by atoms with Crippen molar-refractivity contribution in [3.05, 3.63) is 82.0 Å². The highest BCUT2D eigenvalue weighted by Gasteiger charge is 2.16. The smallest absolute Gasteiger partial charge is 0.351 e. The number of halogens is 1. The zero-order valence-electron chi connectivity index (χ0n) is 15.4. The van der Waals surface area contributed by atoms with E-state index in [2.05, 4.69) is 15.4 Å². The summed E-state index contributed by atoms with van der Waals surface area (Å²) in [5, 5.41) is 7.32. The van der Waals surface area contributed by atoms with Crippen LogP contribution in [0, 0.1) is 6.92 Å². The van der Waals surface area contributed by atoms with Crippen LogP contribution >= 0.6 is 11.6 Å². The van der Waals surface area contributed by atoms with Crippen molar-refractivity contribution < 1.29 is 9.53 Å². The van der Waals surface area contributed by atoms with Gasteiger partial charge >= 0.3 is 5.69 Å². The number of nitrogens with one attached hydrogen (secondary N) is 1. The molecule has 8 nitrogen and oxygen atoms in total. The molecule has 29 heavy (non-hydrogen) atoms. The fourth-order valence-electron chi connectivity index (χ4n) is 2.75. The minimum Gasteiger partial charge on any atom is -0.436 e. The number of benzene rings is 2. The molecule has 146 valence electrons. The largest absolute Gasteiger partial charge is 0.436 e. The maximum Gasteiger partial charge on any atom is 0.351 e. The van der Waals surface area contributed by atoms with Gasteiger partial charge in [-0.2, -0.15) is 0 Å². The monoisotopic (exact) mass is 409 g/mol. The molecule has 0 aliphatic carbocycles. The second kappa shape index (κ2) is 7.76. The van der Waals surface area contributed by atoms with Gasteiger partial charge in [-0.05, 0) is 36.8 Å². The summed E-state index contributed by atoms with van der Waals surface area (Å²) >= 11 is 6.14. The van der Waals surface area contributed by atoms with Crippen LogP contribution in [0.2, 0.25) is 5.02 Å². The Morgan fingerprint density at radius 2 is 2.00 bits per heavy atom. The molecule has 0 fully saturated rings. The van der Waals surface area contributed by atoms with E-state index in [1.165, 1.54) is 16.8 Å². The first-order chi connectivity index (χ1) is 14.0. The van der Waals surface area contributed by atoms with Crippen molar-refractivity contribution in [2.75, 3.05) is 5.32 Å². The number of fused-ring (bicyclic) bond motifs is 1. The van der Waals surface area contributed by atoms with E-state index in [1.807, 2.05) is 31.2 Å². The molecule has 4 aromatic rings. The Bertz CT molecular complexity index is 1250. The maximum absolute atomic E-state index is 12.6. The SMILES string of the molecule is Cc1ccc(NC(=O)Cn2nc3c(Oc4ccccc4)nccn3c2=O)c(Cl)c1. The first-order valence-electron chi connectivity index (χ1n) is 8.74. The van der Waals surface area contributed by atoms with E-state index < -0.39 is 11.6 Å². The molecule has 1 N–H and O–H groups in total. The average Bonchev–Trinajstić information content (AvgIpc) is 3.02. The van der Waals surface area contributed by atoms with Crippen LogP contribution in [-0.4, -0.2) is 25.1 Å². The molecule has 0 saturated carbocycles. The van der Waals surface area contributed by atoms with Crippen LogP contribution in [0.15, 0.2) is 65.7 Å². The Hall–Kier alpha value is -3.65. The van der Waals surface area contributed by atoms with E-state index in [1.54, 1.807) is 24.3 Å². The van der Waals surface area contributed by atoms with E-state index >= 15 is 0 Å². The molecular weight excluding hydrogens is 394 g/mol. The summed E-state index contributed by atoms with van der Waals surface area (Å²) in [6.45, 7) is 1.62. The summed E-state index contributed by atoms with van der Waals surface area (Å²) in [4.78, 5) is 29.2. The van der Waals surface area contributed by atoms with Crippen molar-refractivity contribution in [3.63, 3.8) is 0 Å². The Morgan fingerprint density at radius 1 is 1.21 bits per heavy atom. The topological polar surface area (TPSA) is 90.5 Å². The van der Waals surface area contributed by atoms with Crippen molar-refractivity contribution in [2.24, 2.45) is 0 Å². The summed E-state index contributed by atoms with van der Waals surface area (Å²) < 4.78 is 8.05. The molecular formula is C20H16ClN5O3. The molecule has 0 saturated heterocycles. The highest BCUT2D eigenvalue weighted by molar-refractivity contribution is 6.33. The van der Waals surface area contributed by atoms with Crippen LogP contribution in [0.5, 0.6) is 11.6 Å². The first-order valence-corrected chi connectivity index (χ1v) is 9.12. The highest BCUT2D eigenvalue weighted by atomic mass is 35.5. The summed E-state index contributed by atoms with van der Waals surface area (Å²) in [5.41, 5.74) is 1.17. The molecule has 4 rings (SSSR count). The standard InChI is InChI=1S/C20H16ClN5O3/c1-13-7-8-16(15(21)11-13)23-17(27)12-26-20(28)25-10-9-22-19(18(25)24-26)29-14-5-3-2-4-6-14/h2-11H,12H2,1H3,(H,23,27). The normalized spacial score (nSPS) is 10.8. The third-order valence-corrected chi connectivity index (χ3v) is 4.43. The van der Waals surface area contributed by atoms with Crippen molar-refractivity contribution in [2.45, 2.75) is 13.5 Å². The van der Waals surface area contributed by atoms with E-state index in [0.29, 0.717) is 16.5 Å². The van der Waals surface area contributed by atoms with Gasteiger partial charge in [0.05, 0.1) is 10.7 Å². The molecule has 0 radical (unpaired) electrons. The number of ether oxygens (including phenoxy) is 1. The molecule has 9 heteroatoms. The fraction of sp³-hybridized carbons (Fsp3) is 0.100. The molecule has 2 aromatic carbocycles. The zero-order valence-corrected chi connectivity index (χ0v) is 16.1. The average molecular weight is 410 g/mol. The van der Waals surface area contributed by atoms with Gasteiger partial charge in [0.15, 0.2) is 0 Å². The summed E-state index contributed by atoms with van der Waals surface area (Å²) in [6, 6.07) is 14.3. The van der Waals surface area contributed by atoms with Gasteiger partial charge in [-0.1, -0.05) is 35.9 Å². The first kappa shape index (κ1) is 18.7. The number of anilines is 1. The lowest BCUT2D eigenvalue weighted by molar-refractivity contribution is -0.117. The van der Waals surface area contributed by atoms with Gasteiger partial charge in [0, 0.05) is 12.4 Å². The molecule has 0 atom stereocenters. The van der Waals surface area contributed by atoms with E-state index in [0.717, 1.165) is 10.2 Å². The van der Waals surface area contributed by atoms with Gasteiger partial charge in [-0.3, -0.25) is 4.79 Å².